The largest absolute Gasteiger partial charge is 0.496 e. The molecule has 0 fully saturated rings. The Kier molecular flexibility index (Phi) is 7.26. The van der Waals surface area contributed by atoms with E-state index in [0.29, 0.717) is 30.4 Å². The predicted molar refractivity (Wildman–Crippen MR) is 119 cm³/mol. The number of rotatable bonds is 7. The van der Waals surface area contributed by atoms with Crippen molar-refractivity contribution in [3.8, 4) is 5.75 Å². The first-order valence-corrected chi connectivity index (χ1v) is 10.2. The number of methoxy groups -OCH3 is 2. The van der Waals surface area contributed by atoms with E-state index in [2.05, 4.69) is 15.6 Å². The third kappa shape index (κ3) is 5.08. The smallest absolute Gasteiger partial charge is 0.341 e. The second-order valence-corrected chi connectivity index (χ2v) is 7.65. The number of aliphatic imine (C=N–C) groups is 1. The van der Waals surface area contributed by atoms with E-state index < -0.39 is 12.1 Å². The van der Waals surface area contributed by atoms with Crippen molar-refractivity contribution in [2.45, 2.75) is 12.6 Å². The summed E-state index contributed by atoms with van der Waals surface area (Å²) in [6.45, 7) is 0.799. The number of nitrogens with one attached hydrogen (secondary N) is 2. The van der Waals surface area contributed by atoms with E-state index in [4.69, 9.17) is 9.47 Å². The van der Waals surface area contributed by atoms with E-state index in [1.165, 1.54) is 14.2 Å². The Bertz CT molecular complexity index is 1010. The Balaban J connectivity index is 1.57. The lowest BCUT2D eigenvalue weighted by Gasteiger charge is -2.15. The van der Waals surface area contributed by atoms with Crippen molar-refractivity contribution in [3.63, 3.8) is 0 Å². The van der Waals surface area contributed by atoms with E-state index in [-0.39, 0.29) is 0 Å². The fraction of sp³-hybridized carbons (Fsp3) is 0.273. The fourth-order valence-electron chi connectivity index (χ4n) is 2.99. The SMILES string of the molecule is CN=C(NCc1ccc(C(=O)OC)c(OC)c1)NCC(O)c1cc2ccccc2s1. The van der Waals surface area contributed by atoms with E-state index in [9.17, 15) is 9.90 Å². The van der Waals surface area contributed by atoms with Crippen molar-refractivity contribution in [2.24, 2.45) is 4.99 Å². The summed E-state index contributed by atoms with van der Waals surface area (Å²) in [5.41, 5.74) is 1.28. The molecule has 3 aromatic rings. The minimum Gasteiger partial charge on any atom is -0.496 e. The van der Waals surface area contributed by atoms with Gasteiger partial charge in [-0.3, -0.25) is 4.99 Å². The molecule has 0 bridgehead atoms. The van der Waals surface area contributed by atoms with Crippen LogP contribution < -0.4 is 15.4 Å². The maximum Gasteiger partial charge on any atom is 0.341 e. The molecule has 0 aliphatic rings. The van der Waals surface area contributed by atoms with Gasteiger partial charge in [0.1, 0.15) is 17.4 Å². The molecule has 1 atom stereocenters. The standard InChI is InChI=1S/C22H25N3O4S/c1-23-22(24-12-14-8-9-16(21(27)29-3)18(10-14)28-2)25-13-17(26)20-11-15-6-4-5-7-19(15)30-20/h4-11,17,26H,12-13H2,1-3H3,(H2,23,24,25). The molecule has 1 heterocycles. The molecule has 0 spiro atoms. The summed E-state index contributed by atoms with van der Waals surface area (Å²) in [6, 6.07) is 15.3. The lowest BCUT2D eigenvalue weighted by Crippen LogP contribution is -2.38. The van der Waals surface area contributed by atoms with Crippen LogP contribution in [-0.4, -0.2) is 44.8 Å². The number of hydrogen-bond acceptors (Lipinski definition) is 6. The maximum atomic E-state index is 11.8. The summed E-state index contributed by atoms with van der Waals surface area (Å²) >= 11 is 1.58. The van der Waals surface area contributed by atoms with Gasteiger partial charge < -0.3 is 25.2 Å². The monoisotopic (exact) mass is 427 g/mol. The van der Waals surface area contributed by atoms with Crippen LogP contribution in [0.1, 0.15) is 26.9 Å². The van der Waals surface area contributed by atoms with Gasteiger partial charge in [0.25, 0.3) is 0 Å². The van der Waals surface area contributed by atoms with Gasteiger partial charge in [-0.2, -0.15) is 0 Å². The third-order valence-electron chi connectivity index (χ3n) is 4.59. The molecule has 30 heavy (non-hydrogen) atoms. The van der Waals surface area contributed by atoms with Crippen molar-refractivity contribution in [2.75, 3.05) is 27.8 Å². The molecular weight excluding hydrogens is 402 g/mol. The molecule has 0 saturated carbocycles. The Labute approximate surface area is 179 Å². The highest BCUT2D eigenvalue weighted by molar-refractivity contribution is 7.19. The number of benzene rings is 2. The van der Waals surface area contributed by atoms with Gasteiger partial charge >= 0.3 is 5.97 Å². The lowest BCUT2D eigenvalue weighted by molar-refractivity contribution is 0.0597. The number of fused-ring (bicyclic) bond motifs is 1. The zero-order valence-electron chi connectivity index (χ0n) is 17.1. The highest BCUT2D eigenvalue weighted by Crippen LogP contribution is 2.29. The topological polar surface area (TPSA) is 92.2 Å². The van der Waals surface area contributed by atoms with Gasteiger partial charge in [0.05, 0.1) is 14.2 Å². The number of thiophene rings is 1. The molecule has 0 aliphatic heterocycles. The van der Waals surface area contributed by atoms with Crippen LogP contribution in [0, 0.1) is 0 Å². The molecule has 1 aromatic heterocycles. The fourth-order valence-corrected chi connectivity index (χ4v) is 4.04. The van der Waals surface area contributed by atoms with Crippen molar-refractivity contribution >= 4 is 33.4 Å². The van der Waals surface area contributed by atoms with Gasteiger partial charge in [0.2, 0.25) is 0 Å². The Morgan fingerprint density at radius 1 is 1.17 bits per heavy atom. The Morgan fingerprint density at radius 2 is 1.97 bits per heavy atom. The molecule has 158 valence electrons. The number of carbonyl (C=O) groups excluding carboxylic acids is 1. The van der Waals surface area contributed by atoms with Crippen molar-refractivity contribution < 1.29 is 19.4 Å². The zero-order valence-corrected chi connectivity index (χ0v) is 18.0. The number of esters is 1. The summed E-state index contributed by atoms with van der Waals surface area (Å²) in [6.07, 6.45) is -0.639. The first kappa shape index (κ1) is 21.6. The van der Waals surface area contributed by atoms with E-state index in [1.807, 2.05) is 36.4 Å². The van der Waals surface area contributed by atoms with Gasteiger partial charge in [-0.1, -0.05) is 24.3 Å². The molecule has 0 radical (unpaired) electrons. The molecular formula is C22H25N3O4S. The van der Waals surface area contributed by atoms with Crippen LogP contribution in [0.4, 0.5) is 0 Å². The van der Waals surface area contributed by atoms with Gasteiger partial charge in [-0.05, 0) is 35.2 Å². The highest BCUT2D eigenvalue weighted by atomic mass is 32.1. The molecule has 3 N–H and O–H groups in total. The maximum absolute atomic E-state index is 11.8. The predicted octanol–water partition coefficient (Wildman–Crippen LogP) is 3.10. The molecule has 3 rings (SSSR count). The van der Waals surface area contributed by atoms with E-state index in [1.54, 1.807) is 30.5 Å². The molecule has 0 aliphatic carbocycles. The minimum atomic E-state index is -0.639. The third-order valence-corrected chi connectivity index (χ3v) is 5.81. The second-order valence-electron chi connectivity index (χ2n) is 6.54. The summed E-state index contributed by atoms with van der Waals surface area (Å²) in [5, 5.41) is 18.0. The molecule has 2 aromatic carbocycles. The second kappa shape index (κ2) is 10.1. The molecule has 7 nitrogen and oxygen atoms in total. The van der Waals surface area contributed by atoms with Crippen LogP contribution in [0.2, 0.25) is 0 Å². The summed E-state index contributed by atoms with van der Waals surface area (Å²) in [7, 11) is 4.51. The van der Waals surface area contributed by atoms with Crippen LogP contribution >= 0.6 is 11.3 Å². The number of nitrogens with zero attached hydrogens (tertiary/aromatic N) is 1. The van der Waals surface area contributed by atoms with Gasteiger partial charge in [0, 0.05) is 29.7 Å². The molecule has 0 saturated heterocycles. The first-order valence-electron chi connectivity index (χ1n) is 9.42. The van der Waals surface area contributed by atoms with Gasteiger partial charge in [-0.15, -0.1) is 11.3 Å². The lowest BCUT2D eigenvalue weighted by atomic mass is 10.1. The van der Waals surface area contributed by atoms with Crippen LogP contribution in [0.25, 0.3) is 10.1 Å². The van der Waals surface area contributed by atoms with Gasteiger partial charge in [0.15, 0.2) is 5.96 Å². The average Bonchev–Trinajstić information content (AvgIpc) is 3.22. The number of hydrogen-bond donors (Lipinski definition) is 3. The Morgan fingerprint density at radius 3 is 2.67 bits per heavy atom. The van der Waals surface area contributed by atoms with Crippen LogP contribution in [0.15, 0.2) is 53.5 Å². The van der Waals surface area contributed by atoms with Gasteiger partial charge in [-0.25, -0.2) is 4.79 Å². The summed E-state index contributed by atoms with van der Waals surface area (Å²) in [4.78, 5) is 16.9. The van der Waals surface area contributed by atoms with Crippen LogP contribution in [0.3, 0.4) is 0 Å². The number of aliphatic hydroxyl groups is 1. The zero-order chi connectivity index (χ0) is 21.5. The normalized spacial score (nSPS) is 12.5. The van der Waals surface area contributed by atoms with Crippen molar-refractivity contribution in [1.29, 1.82) is 0 Å². The Hall–Kier alpha value is -3.10. The van der Waals surface area contributed by atoms with Crippen molar-refractivity contribution in [3.05, 3.63) is 64.5 Å². The summed E-state index contributed by atoms with van der Waals surface area (Å²) < 4.78 is 11.2. The average molecular weight is 428 g/mol. The number of guanidine groups is 1. The van der Waals surface area contributed by atoms with E-state index in [0.717, 1.165) is 20.5 Å². The number of carbonyl (C=O) groups is 1. The molecule has 1 unspecified atom stereocenters. The number of ether oxygens (including phenoxy) is 2. The minimum absolute atomic E-state index is 0.330. The van der Waals surface area contributed by atoms with Crippen LogP contribution in [0.5, 0.6) is 5.75 Å². The van der Waals surface area contributed by atoms with E-state index >= 15 is 0 Å². The summed E-state index contributed by atoms with van der Waals surface area (Å²) in [5.74, 6) is 0.564. The molecule has 0 amide bonds. The highest BCUT2D eigenvalue weighted by Gasteiger charge is 2.14. The first-order chi connectivity index (χ1) is 14.5. The molecule has 8 heteroatoms. The number of aliphatic hydroxyl groups excluding tert-OH is 1. The van der Waals surface area contributed by atoms with Crippen LogP contribution in [-0.2, 0) is 11.3 Å². The quantitative estimate of drug-likeness (QED) is 0.305. The van der Waals surface area contributed by atoms with Crippen molar-refractivity contribution in [1.82, 2.24) is 10.6 Å².